The summed E-state index contributed by atoms with van der Waals surface area (Å²) in [5, 5.41) is 3.70. The van der Waals surface area contributed by atoms with Gasteiger partial charge < -0.3 is 10.2 Å². The number of hydrogen-bond acceptors (Lipinski definition) is 2. The van der Waals surface area contributed by atoms with Crippen LogP contribution < -0.4 is 5.32 Å². The van der Waals surface area contributed by atoms with E-state index in [9.17, 15) is 4.79 Å². The molecular formula is C17H17ClN2OS. The molecule has 1 heterocycles. The Bertz CT molecular complexity index is 692. The fourth-order valence-corrected chi connectivity index (χ4v) is 3.98. The minimum atomic E-state index is -0.0689. The number of halogens is 1. The van der Waals surface area contributed by atoms with Gasteiger partial charge in [0.05, 0.1) is 0 Å². The SMILES string of the molecule is Cc1cccc(NC(=O)N2CCS[C@H]2c2cccc(Cl)c2)c1. The van der Waals surface area contributed by atoms with E-state index in [4.69, 9.17) is 11.6 Å². The molecule has 1 aliphatic heterocycles. The van der Waals surface area contributed by atoms with Gasteiger partial charge in [0, 0.05) is 23.0 Å². The molecule has 0 bridgehead atoms. The molecule has 2 aromatic carbocycles. The number of anilines is 1. The van der Waals surface area contributed by atoms with Gasteiger partial charge in [-0.25, -0.2) is 4.79 Å². The lowest BCUT2D eigenvalue weighted by molar-refractivity contribution is 0.214. The maximum Gasteiger partial charge on any atom is 0.323 e. The van der Waals surface area contributed by atoms with Crippen molar-refractivity contribution in [1.82, 2.24) is 4.90 Å². The van der Waals surface area contributed by atoms with Crippen LogP contribution in [0.15, 0.2) is 48.5 Å². The van der Waals surface area contributed by atoms with E-state index in [1.165, 1.54) is 0 Å². The molecule has 1 aliphatic rings. The minimum Gasteiger partial charge on any atom is -0.308 e. The van der Waals surface area contributed by atoms with Gasteiger partial charge in [-0.15, -0.1) is 11.8 Å². The lowest BCUT2D eigenvalue weighted by atomic mass is 10.2. The number of rotatable bonds is 2. The largest absolute Gasteiger partial charge is 0.323 e. The summed E-state index contributed by atoms with van der Waals surface area (Å²) in [6, 6.07) is 15.5. The Balaban J connectivity index is 1.76. The predicted octanol–water partition coefficient (Wildman–Crippen LogP) is 4.93. The van der Waals surface area contributed by atoms with Crippen molar-refractivity contribution in [1.29, 1.82) is 0 Å². The molecule has 0 saturated carbocycles. The number of carbonyl (C=O) groups is 1. The molecule has 0 aliphatic carbocycles. The number of amides is 2. The zero-order valence-electron chi connectivity index (χ0n) is 12.3. The van der Waals surface area contributed by atoms with Crippen molar-refractivity contribution in [2.24, 2.45) is 0 Å². The Hall–Kier alpha value is -1.65. The van der Waals surface area contributed by atoms with Gasteiger partial charge in [-0.1, -0.05) is 35.9 Å². The van der Waals surface area contributed by atoms with E-state index in [2.05, 4.69) is 5.32 Å². The molecule has 0 unspecified atom stereocenters. The molecule has 3 nitrogen and oxygen atoms in total. The molecule has 1 atom stereocenters. The van der Waals surface area contributed by atoms with Crippen LogP contribution in [0.25, 0.3) is 0 Å². The summed E-state index contributed by atoms with van der Waals surface area (Å²) in [5.41, 5.74) is 3.01. The van der Waals surface area contributed by atoms with Crippen LogP contribution in [0.1, 0.15) is 16.5 Å². The third-order valence-electron chi connectivity index (χ3n) is 3.56. The highest BCUT2D eigenvalue weighted by Crippen LogP contribution is 2.38. The van der Waals surface area contributed by atoms with Crippen LogP contribution >= 0.6 is 23.4 Å². The Morgan fingerprint density at radius 1 is 1.27 bits per heavy atom. The summed E-state index contributed by atoms with van der Waals surface area (Å²) >= 11 is 7.83. The lowest BCUT2D eigenvalue weighted by Crippen LogP contribution is -2.34. The Kier molecular flexibility index (Phi) is 4.60. The summed E-state index contributed by atoms with van der Waals surface area (Å²) in [4.78, 5) is 14.4. The third-order valence-corrected chi connectivity index (χ3v) is 5.05. The zero-order valence-corrected chi connectivity index (χ0v) is 13.8. The number of hydrogen-bond donors (Lipinski definition) is 1. The fraction of sp³-hybridized carbons (Fsp3) is 0.235. The van der Waals surface area contributed by atoms with Gasteiger partial charge in [-0.2, -0.15) is 0 Å². The summed E-state index contributed by atoms with van der Waals surface area (Å²) in [6.07, 6.45) is 0. The van der Waals surface area contributed by atoms with Crippen LogP contribution in [0.3, 0.4) is 0 Å². The van der Waals surface area contributed by atoms with Crippen LogP contribution in [0.4, 0.5) is 10.5 Å². The van der Waals surface area contributed by atoms with E-state index in [-0.39, 0.29) is 11.4 Å². The molecule has 0 aromatic heterocycles. The highest BCUT2D eigenvalue weighted by atomic mass is 35.5. The van der Waals surface area contributed by atoms with Crippen molar-refractivity contribution in [3.05, 3.63) is 64.7 Å². The topological polar surface area (TPSA) is 32.3 Å². The maximum absolute atomic E-state index is 12.6. The second-order valence-corrected chi connectivity index (χ2v) is 6.90. The van der Waals surface area contributed by atoms with Crippen molar-refractivity contribution in [3.63, 3.8) is 0 Å². The van der Waals surface area contributed by atoms with E-state index in [1.54, 1.807) is 11.8 Å². The molecule has 1 fully saturated rings. The molecule has 2 aromatic rings. The summed E-state index contributed by atoms with van der Waals surface area (Å²) in [5.74, 6) is 0.929. The van der Waals surface area contributed by atoms with Gasteiger partial charge in [0.25, 0.3) is 0 Å². The van der Waals surface area contributed by atoms with E-state index in [0.717, 1.165) is 29.1 Å². The first kappa shape index (κ1) is 15.3. The summed E-state index contributed by atoms with van der Waals surface area (Å²) < 4.78 is 0. The molecule has 0 radical (unpaired) electrons. The average molecular weight is 333 g/mol. The van der Waals surface area contributed by atoms with Crippen LogP contribution in [-0.4, -0.2) is 23.2 Å². The number of nitrogens with zero attached hydrogens (tertiary/aromatic N) is 1. The quantitative estimate of drug-likeness (QED) is 0.845. The molecule has 2 amide bonds. The molecule has 114 valence electrons. The standard InChI is InChI=1S/C17H17ClN2OS/c1-12-4-2-7-15(10-12)19-17(21)20-8-9-22-16(20)13-5-3-6-14(18)11-13/h2-7,10-11,16H,8-9H2,1H3,(H,19,21)/t16-/m0/s1. The predicted molar refractivity (Wildman–Crippen MR) is 93.6 cm³/mol. The van der Waals surface area contributed by atoms with Gasteiger partial charge in [0.2, 0.25) is 0 Å². The second-order valence-electron chi connectivity index (χ2n) is 5.27. The Morgan fingerprint density at radius 3 is 2.86 bits per heavy atom. The summed E-state index contributed by atoms with van der Waals surface area (Å²) in [7, 11) is 0. The van der Waals surface area contributed by atoms with Crippen molar-refractivity contribution in [2.45, 2.75) is 12.3 Å². The van der Waals surface area contributed by atoms with E-state index in [0.29, 0.717) is 5.02 Å². The van der Waals surface area contributed by atoms with Gasteiger partial charge >= 0.3 is 6.03 Å². The van der Waals surface area contributed by atoms with Gasteiger partial charge in [0.15, 0.2) is 0 Å². The number of benzene rings is 2. The third kappa shape index (κ3) is 3.39. The number of thioether (sulfide) groups is 1. The first-order valence-electron chi connectivity index (χ1n) is 7.15. The number of nitrogens with one attached hydrogen (secondary N) is 1. The van der Waals surface area contributed by atoms with Crippen LogP contribution in [-0.2, 0) is 0 Å². The molecule has 1 N–H and O–H groups in total. The average Bonchev–Trinajstić information content (AvgIpc) is 2.97. The van der Waals surface area contributed by atoms with E-state index >= 15 is 0 Å². The van der Waals surface area contributed by atoms with Gasteiger partial charge in [-0.3, -0.25) is 0 Å². The van der Waals surface area contributed by atoms with E-state index in [1.807, 2.05) is 60.4 Å². The monoisotopic (exact) mass is 332 g/mol. The molecule has 22 heavy (non-hydrogen) atoms. The highest BCUT2D eigenvalue weighted by molar-refractivity contribution is 7.99. The maximum atomic E-state index is 12.6. The van der Waals surface area contributed by atoms with Crippen molar-refractivity contribution >= 4 is 35.1 Å². The first-order chi connectivity index (χ1) is 10.6. The van der Waals surface area contributed by atoms with E-state index < -0.39 is 0 Å². The minimum absolute atomic E-state index is 0.0171. The molecule has 3 rings (SSSR count). The molecule has 1 saturated heterocycles. The number of urea groups is 1. The normalized spacial score (nSPS) is 17.5. The number of aryl methyl sites for hydroxylation is 1. The van der Waals surface area contributed by atoms with Crippen LogP contribution in [0.5, 0.6) is 0 Å². The first-order valence-corrected chi connectivity index (χ1v) is 8.57. The van der Waals surface area contributed by atoms with Crippen LogP contribution in [0, 0.1) is 6.92 Å². The van der Waals surface area contributed by atoms with Crippen molar-refractivity contribution < 1.29 is 4.79 Å². The van der Waals surface area contributed by atoms with Gasteiger partial charge in [-0.05, 0) is 42.3 Å². The zero-order chi connectivity index (χ0) is 15.5. The lowest BCUT2D eigenvalue weighted by Gasteiger charge is -2.24. The van der Waals surface area contributed by atoms with Crippen molar-refractivity contribution in [3.8, 4) is 0 Å². The molecular weight excluding hydrogens is 316 g/mol. The molecule has 0 spiro atoms. The smallest absolute Gasteiger partial charge is 0.308 e. The second kappa shape index (κ2) is 6.63. The van der Waals surface area contributed by atoms with Crippen molar-refractivity contribution in [2.75, 3.05) is 17.6 Å². The fourth-order valence-electron chi connectivity index (χ4n) is 2.53. The van der Waals surface area contributed by atoms with Gasteiger partial charge in [0.1, 0.15) is 5.37 Å². The van der Waals surface area contributed by atoms with Crippen LogP contribution in [0.2, 0.25) is 5.02 Å². The number of carbonyl (C=O) groups excluding carboxylic acids is 1. The Labute approximate surface area is 139 Å². The Morgan fingerprint density at radius 2 is 2.09 bits per heavy atom. The molecule has 5 heteroatoms. The highest BCUT2D eigenvalue weighted by Gasteiger charge is 2.30. The summed E-state index contributed by atoms with van der Waals surface area (Å²) in [6.45, 7) is 2.75.